The molecule has 1 N–H and O–H groups in total. The molecule has 0 atom stereocenters. The lowest BCUT2D eigenvalue weighted by atomic mass is 9.82. The standard InChI is InChI=1S/C13H17NO2/c1-8-5-6-9-11(10(8)12(15)14-4)13(2,3)7-16-9/h5-6H,7H2,1-4H3,(H,14,15). The third-order valence-corrected chi connectivity index (χ3v) is 3.09. The van der Waals surface area contributed by atoms with E-state index in [2.05, 4.69) is 19.2 Å². The van der Waals surface area contributed by atoms with Gasteiger partial charge in [0.05, 0.1) is 6.61 Å². The maximum Gasteiger partial charge on any atom is 0.251 e. The number of benzene rings is 1. The minimum atomic E-state index is -0.0941. The highest BCUT2D eigenvalue weighted by molar-refractivity contribution is 5.98. The number of ether oxygens (including phenoxy) is 1. The normalized spacial score (nSPS) is 16.5. The lowest BCUT2D eigenvalue weighted by molar-refractivity contribution is 0.0960. The van der Waals surface area contributed by atoms with Gasteiger partial charge in [-0.15, -0.1) is 0 Å². The first-order chi connectivity index (χ1) is 7.47. The summed E-state index contributed by atoms with van der Waals surface area (Å²) >= 11 is 0. The maximum absolute atomic E-state index is 11.9. The monoisotopic (exact) mass is 219 g/mol. The summed E-state index contributed by atoms with van der Waals surface area (Å²) in [6, 6.07) is 3.89. The van der Waals surface area contributed by atoms with Crippen LogP contribution in [-0.2, 0) is 5.41 Å². The van der Waals surface area contributed by atoms with Crippen molar-refractivity contribution in [1.82, 2.24) is 5.32 Å². The number of amides is 1. The molecule has 1 amide bonds. The van der Waals surface area contributed by atoms with E-state index in [0.717, 1.165) is 22.4 Å². The Balaban J connectivity index is 2.69. The van der Waals surface area contributed by atoms with E-state index >= 15 is 0 Å². The Morgan fingerprint density at radius 2 is 2.12 bits per heavy atom. The molecule has 0 fully saturated rings. The molecule has 0 bridgehead atoms. The highest BCUT2D eigenvalue weighted by atomic mass is 16.5. The summed E-state index contributed by atoms with van der Waals surface area (Å²) in [7, 11) is 1.66. The van der Waals surface area contributed by atoms with Crippen molar-refractivity contribution in [2.75, 3.05) is 13.7 Å². The van der Waals surface area contributed by atoms with Crippen LogP contribution in [0.25, 0.3) is 0 Å². The second kappa shape index (κ2) is 3.51. The summed E-state index contributed by atoms with van der Waals surface area (Å²) in [4.78, 5) is 11.9. The summed E-state index contributed by atoms with van der Waals surface area (Å²) in [6.07, 6.45) is 0. The molecular formula is C13H17NO2. The fourth-order valence-electron chi connectivity index (χ4n) is 2.23. The van der Waals surface area contributed by atoms with Gasteiger partial charge in [-0.2, -0.15) is 0 Å². The van der Waals surface area contributed by atoms with Crippen LogP contribution in [0.4, 0.5) is 0 Å². The molecule has 1 aliphatic rings. The summed E-state index contributed by atoms with van der Waals surface area (Å²) in [5.74, 6) is 0.808. The van der Waals surface area contributed by atoms with E-state index in [0.29, 0.717) is 6.61 Å². The lowest BCUT2D eigenvalue weighted by Gasteiger charge is -2.19. The van der Waals surface area contributed by atoms with Crippen molar-refractivity contribution < 1.29 is 9.53 Å². The number of carbonyl (C=O) groups excluding carboxylic acids is 1. The molecule has 0 saturated carbocycles. The van der Waals surface area contributed by atoms with Crippen LogP contribution in [-0.4, -0.2) is 19.6 Å². The van der Waals surface area contributed by atoms with Crippen LogP contribution in [0.1, 0.15) is 35.3 Å². The molecule has 1 heterocycles. The smallest absolute Gasteiger partial charge is 0.251 e. The van der Waals surface area contributed by atoms with Crippen molar-refractivity contribution in [1.29, 1.82) is 0 Å². The number of aryl methyl sites for hydroxylation is 1. The van der Waals surface area contributed by atoms with Crippen LogP contribution >= 0.6 is 0 Å². The SMILES string of the molecule is CNC(=O)c1c(C)ccc2c1C(C)(C)CO2. The lowest BCUT2D eigenvalue weighted by Crippen LogP contribution is -2.26. The second-order valence-electron chi connectivity index (χ2n) is 4.88. The Kier molecular flexibility index (Phi) is 2.41. The van der Waals surface area contributed by atoms with Crippen LogP contribution in [0.2, 0.25) is 0 Å². The van der Waals surface area contributed by atoms with Crippen molar-refractivity contribution in [2.45, 2.75) is 26.2 Å². The Bertz CT molecular complexity index is 449. The zero-order valence-corrected chi connectivity index (χ0v) is 10.2. The highest BCUT2D eigenvalue weighted by Gasteiger charge is 2.36. The number of hydrogen-bond donors (Lipinski definition) is 1. The van der Waals surface area contributed by atoms with Crippen molar-refractivity contribution in [2.24, 2.45) is 0 Å². The fraction of sp³-hybridized carbons (Fsp3) is 0.462. The Hall–Kier alpha value is -1.51. The first-order valence-electron chi connectivity index (χ1n) is 5.46. The molecule has 1 aliphatic heterocycles. The average molecular weight is 219 g/mol. The third-order valence-electron chi connectivity index (χ3n) is 3.09. The molecule has 1 aromatic carbocycles. The molecule has 0 unspecified atom stereocenters. The van der Waals surface area contributed by atoms with Gasteiger partial charge in [0.15, 0.2) is 0 Å². The van der Waals surface area contributed by atoms with Gasteiger partial charge in [0.25, 0.3) is 5.91 Å². The number of fused-ring (bicyclic) bond motifs is 1. The fourth-order valence-corrected chi connectivity index (χ4v) is 2.23. The van der Waals surface area contributed by atoms with Crippen molar-refractivity contribution in [3.8, 4) is 5.75 Å². The molecule has 16 heavy (non-hydrogen) atoms. The molecule has 0 saturated heterocycles. The summed E-state index contributed by atoms with van der Waals surface area (Å²) in [5.41, 5.74) is 2.70. The number of carbonyl (C=O) groups is 1. The van der Waals surface area contributed by atoms with E-state index in [-0.39, 0.29) is 11.3 Å². The summed E-state index contributed by atoms with van der Waals surface area (Å²) in [6.45, 7) is 6.80. The first-order valence-corrected chi connectivity index (χ1v) is 5.46. The Morgan fingerprint density at radius 3 is 2.75 bits per heavy atom. The van der Waals surface area contributed by atoms with E-state index < -0.39 is 0 Å². The molecule has 0 aromatic heterocycles. The van der Waals surface area contributed by atoms with E-state index in [1.807, 2.05) is 19.1 Å². The molecule has 0 radical (unpaired) electrons. The van der Waals surface area contributed by atoms with Crippen molar-refractivity contribution >= 4 is 5.91 Å². The minimum Gasteiger partial charge on any atom is -0.492 e. The van der Waals surface area contributed by atoms with Gasteiger partial charge >= 0.3 is 0 Å². The minimum absolute atomic E-state index is 0.0343. The molecule has 86 valence electrons. The van der Waals surface area contributed by atoms with E-state index in [1.54, 1.807) is 7.05 Å². The van der Waals surface area contributed by atoms with Gasteiger partial charge in [-0.25, -0.2) is 0 Å². The first kappa shape index (κ1) is 11.0. The maximum atomic E-state index is 11.9. The van der Waals surface area contributed by atoms with E-state index in [9.17, 15) is 4.79 Å². The molecule has 3 heteroatoms. The summed E-state index contributed by atoms with van der Waals surface area (Å²) in [5, 5.41) is 2.70. The predicted molar refractivity (Wildman–Crippen MR) is 63.1 cm³/mol. The predicted octanol–water partition coefficient (Wildman–Crippen LogP) is 2.02. The average Bonchev–Trinajstić information content (AvgIpc) is 2.54. The molecule has 3 nitrogen and oxygen atoms in total. The summed E-state index contributed by atoms with van der Waals surface area (Å²) < 4.78 is 5.62. The second-order valence-corrected chi connectivity index (χ2v) is 4.88. The van der Waals surface area contributed by atoms with Crippen LogP contribution in [0.5, 0.6) is 5.75 Å². The van der Waals surface area contributed by atoms with Gasteiger partial charge in [-0.3, -0.25) is 4.79 Å². The Labute approximate surface area is 95.8 Å². The van der Waals surface area contributed by atoms with Crippen LogP contribution in [0.3, 0.4) is 0 Å². The number of rotatable bonds is 1. The van der Waals surface area contributed by atoms with Gasteiger partial charge in [0.1, 0.15) is 5.75 Å². The molecule has 0 aliphatic carbocycles. The molecule has 2 rings (SSSR count). The van der Waals surface area contributed by atoms with Crippen molar-refractivity contribution in [3.63, 3.8) is 0 Å². The van der Waals surface area contributed by atoms with Gasteiger partial charge in [0.2, 0.25) is 0 Å². The van der Waals surface area contributed by atoms with E-state index in [4.69, 9.17) is 4.74 Å². The number of hydrogen-bond acceptors (Lipinski definition) is 2. The van der Waals surface area contributed by atoms with Crippen LogP contribution in [0, 0.1) is 6.92 Å². The van der Waals surface area contributed by atoms with Gasteiger partial charge in [-0.1, -0.05) is 19.9 Å². The van der Waals surface area contributed by atoms with Crippen LogP contribution in [0.15, 0.2) is 12.1 Å². The van der Waals surface area contributed by atoms with Crippen molar-refractivity contribution in [3.05, 3.63) is 28.8 Å². The van der Waals surface area contributed by atoms with Gasteiger partial charge in [-0.05, 0) is 18.6 Å². The van der Waals surface area contributed by atoms with Gasteiger partial charge in [0, 0.05) is 23.6 Å². The largest absolute Gasteiger partial charge is 0.492 e. The number of nitrogens with one attached hydrogen (secondary N) is 1. The quantitative estimate of drug-likeness (QED) is 0.784. The topological polar surface area (TPSA) is 38.3 Å². The zero-order valence-electron chi connectivity index (χ0n) is 10.2. The highest BCUT2D eigenvalue weighted by Crippen LogP contribution is 2.41. The third kappa shape index (κ3) is 1.47. The molecule has 1 aromatic rings. The zero-order chi connectivity index (χ0) is 11.9. The Morgan fingerprint density at radius 1 is 1.44 bits per heavy atom. The van der Waals surface area contributed by atoms with E-state index in [1.165, 1.54) is 0 Å². The molecule has 0 spiro atoms. The van der Waals surface area contributed by atoms with Crippen LogP contribution < -0.4 is 10.1 Å². The molecular weight excluding hydrogens is 202 g/mol. The van der Waals surface area contributed by atoms with Gasteiger partial charge < -0.3 is 10.1 Å².